The first-order valence-electron chi connectivity index (χ1n) is 7.77. The van der Waals surface area contributed by atoms with Crippen molar-refractivity contribution in [3.05, 3.63) is 64.6 Å². The maximum atomic E-state index is 11.6. The van der Waals surface area contributed by atoms with Crippen molar-refractivity contribution in [2.24, 2.45) is 0 Å². The second-order valence-electron chi connectivity index (χ2n) is 5.43. The number of hydrogen-bond acceptors (Lipinski definition) is 5. The number of ether oxygens (including phenoxy) is 2. The van der Waals surface area contributed by atoms with Crippen LogP contribution in [0.1, 0.15) is 11.1 Å². The number of thiocarbonyl (C=S) groups is 1. The van der Waals surface area contributed by atoms with Crippen molar-refractivity contribution >= 4 is 40.3 Å². The van der Waals surface area contributed by atoms with Gasteiger partial charge in [0.25, 0.3) is 5.91 Å². The van der Waals surface area contributed by atoms with Gasteiger partial charge in [-0.2, -0.15) is 0 Å². The fourth-order valence-electron chi connectivity index (χ4n) is 2.19. The van der Waals surface area contributed by atoms with Crippen LogP contribution in [0.5, 0.6) is 11.5 Å². The molecule has 128 valence electrons. The van der Waals surface area contributed by atoms with Crippen LogP contribution in [0.15, 0.2) is 53.4 Å². The van der Waals surface area contributed by atoms with Crippen LogP contribution < -0.4 is 14.8 Å². The normalized spacial score (nSPS) is 15.3. The molecule has 0 spiro atoms. The average molecular weight is 371 g/mol. The van der Waals surface area contributed by atoms with Crippen LogP contribution in [0.2, 0.25) is 0 Å². The highest BCUT2D eigenvalue weighted by molar-refractivity contribution is 8.26. The number of thioether (sulfide) groups is 1. The molecule has 1 heterocycles. The predicted molar refractivity (Wildman–Crippen MR) is 105 cm³/mol. The SMILES string of the molecule is Cc1ccc(OCCOc2ccc(/C=C3\SC(=S)NC3=O)cc2)cc1. The van der Waals surface area contributed by atoms with Gasteiger partial charge >= 0.3 is 0 Å². The van der Waals surface area contributed by atoms with E-state index in [9.17, 15) is 4.79 Å². The lowest BCUT2D eigenvalue weighted by Crippen LogP contribution is -2.17. The third kappa shape index (κ3) is 5.08. The van der Waals surface area contributed by atoms with Crippen molar-refractivity contribution in [2.45, 2.75) is 6.92 Å². The Labute approximate surface area is 156 Å². The summed E-state index contributed by atoms with van der Waals surface area (Å²) >= 11 is 6.24. The largest absolute Gasteiger partial charge is 0.490 e. The number of carbonyl (C=O) groups is 1. The minimum absolute atomic E-state index is 0.149. The molecule has 2 aromatic carbocycles. The topological polar surface area (TPSA) is 47.6 Å². The van der Waals surface area contributed by atoms with Crippen molar-refractivity contribution in [1.29, 1.82) is 0 Å². The number of rotatable bonds is 6. The third-order valence-electron chi connectivity index (χ3n) is 3.46. The van der Waals surface area contributed by atoms with E-state index in [2.05, 4.69) is 5.32 Å². The number of aryl methyl sites for hydroxylation is 1. The summed E-state index contributed by atoms with van der Waals surface area (Å²) in [7, 11) is 0. The van der Waals surface area contributed by atoms with Crippen molar-refractivity contribution < 1.29 is 14.3 Å². The number of amides is 1. The van der Waals surface area contributed by atoms with E-state index in [0.29, 0.717) is 22.4 Å². The number of carbonyl (C=O) groups excluding carboxylic acids is 1. The van der Waals surface area contributed by atoms with Crippen molar-refractivity contribution in [2.75, 3.05) is 13.2 Å². The first-order chi connectivity index (χ1) is 12.1. The summed E-state index contributed by atoms with van der Waals surface area (Å²) in [6.07, 6.45) is 1.81. The summed E-state index contributed by atoms with van der Waals surface area (Å²) in [6, 6.07) is 15.5. The van der Waals surface area contributed by atoms with Gasteiger partial charge in [-0.25, -0.2) is 0 Å². The molecule has 0 radical (unpaired) electrons. The molecule has 4 nitrogen and oxygen atoms in total. The highest BCUT2D eigenvalue weighted by Gasteiger charge is 2.21. The Balaban J connectivity index is 1.48. The summed E-state index contributed by atoms with van der Waals surface area (Å²) in [5, 5.41) is 2.60. The zero-order chi connectivity index (χ0) is 17.6. The summed E-state index contributed by atoms with van der Waals surface area (Å²) in [5.41, 5.74) is 2.12. The molecule has 3 rings (SSSR count). The van der Waals surface area contributed by atoms with E-state index >= 15 is 0 Å². The third-order valence-corrected chi connectivity index (χ3v) is 4.62. The Bertz CT molecular complexity index is 798. The Morgan fingerprint density at radius 3 is 2.08 bits per heavy atom. The van der Waals surface area contributed by atoms with Gasteiger partial charge < -0.3 is 14.8 Å². The second kappa shape index (κ2) is 8.18. The molecule has 1 aliphatic heterocycles. The Morgan fingerprint density at radius 1 is 1.00 bits per heavy atom. The van der Waals surface area contributed by atoms with E-state index in [4.69, 9.17) is 21.7 Å². The molecule has 0 unspecified atom stereocenters. The van der Waals surface area contributed by atoms with Crippen LogP contribution >= 0.6 is 24.0 Å². The van der Waals surface area contributed by atoms with E-state index in [1.54, 1.807) is 0 Å². The number of benzene rings is 2. The molecule has 2 aromatic rings. The van der Waals surface area contributed by atoms with Gasteiger partial charge in [0.05, 0.1) is 4.91 Å². The van der Waals surface area contributed by atoms with Gasteiger partial charge in [0.15, 0.2) is 0 Å². The average Bonchev–Trinajstić information content (AvgIpc) is 2.92. The van der Waals surface area contributed by atoms with Gasteiger partial charge in [0, 0.05) is 0 Å². The van der Waals surface area contributed by atoms with E-state index < -0.39 is 0 Å². The molecule has 0 aromatic heterocycles. The van der Waals surface area contributed by atoms with E-state index in [-0.39, 0.29) is 5.91 Å². The first-order valence-corrected chi connectivity index (χ1v) is 9.00. The molecule has 0 atom stereocenters. The molecule has 0 bridgehead atoms. The molecule has 1 N–H and O–H groups in total. The van der Waals surface area contributed by atoms with Crippen LogP contribution in [-0.2, 0) is 4.79 Å². The van der Waals surface area contributed by atoms with Crippen LogP contribution in [-0.4, -0.2) is 23.4 Å². The van der Waals surface area contributed by atoms with E-state index in [1.807, 2.05) is 61.5 Å². The lowest BCUT2D eigenvalue weighted by molar-refractivity contribution is -0.115. The predicted octanol–water partition coefficient (Wildman–Crippen LogP) is 3.94. The molecular weight excluding hydrogens is 354 g/mol. The summed E-state index contributed by atoms with van der Waals surface area (Å²) in [4.78, 5) is 12.2. The monoisotopic (exact) mass is 371 g/mol. The summed E-state index contributed by atoms with van der Waals surface area (Å²) in [6.45, 7) is 2.97. The Morgan fingerprint density at radius 2 is 1.56 bits per heavy atom. The molecule has 1 amide bonds. The molecule has 0 aliphatic carbocycles. The van der Waals surface area contributed by atoms with Gasteiger partial charge in [-0.1, -0.05) is 53.8 Å². The fourth-order valence-corrected chi connectivity index (χ4v) is 3.23. The van der Waals surface area contributed by atoms with E-state index in [1.165, 1.54) is 17.3 Å². The van der Waals surface area contributed by atoms with Gasteiger partial charge in [-0.3, -0.25) is 4.79 Å². The fraction of sp³-hybridized carbons (Fsp3) is 0.158. The molecule has 0 saturated carbocycles. The van der Waals surface area contributed by atoms with Crippen molar-refractivity contribution in [3.63, 3.8) is 0 Å². The van der Waals surface area contributed by atoms with Crippen LogP contribution in [0.3, 0.4) is 0 Å². The van der Waals surface area contributed by atoms with Crippen molar-refractivity contribution in [3.8, 4) is 11.5 Å². The van der Waals surface area contributed by atoms with Crippen LogP contribution in [0.4, 0.5) is 0 Å². The van der Waals surface area contributed by atoms with Gasteiger partial charge in [0.2, 0.25) is 0 Å². The van der Waals surface area contributed by atoms with E-state index in [0.717, 1.165) is 17.1 Å². The minimum Gasteiger partial charge on any atom is -0.490 e. The zero-order valence-corrected chi connectivity index (χ0v) is 15.3. The quantitative estimate of drug-likeness (QED) is 0.473. The van der Waals surface area contributed by atoms with Crippen LogP contribution in [0, 0.1) is 6.92 Å². The lowest BCUT2D eigenvalue weighted by atomic mass is 10.2. The Hall–Kier alpha value is -2.31. The van der Waals surface area contributed by atoms with Gasteiger partial charge in [0.1, 0.15) is 29.0 Å². The standard InChI is InChI=1S/C19H17NO3S2/c1-13-2-6-15(7-3-13)22-10-11-23-16-8-4-14(5-9-16)12-17-18(21)20-19(24)25-17/h2-9,12H,10-11H2,1H3,(H,20,21,24)/b17-12-. The highest BCUT2D eigenvalue weighted by Crippen LogP contribution is 2.26. The van der Waals surface area contributed by atoms with Gasteiger partial charge in [-0.15, -0.1) is 0 Å². The maximum absolute atomic E-state index is 11.6. The second-order valence-corrected chi connectivity index (χ2v) is 7.15. The minimum atomic E-state index is -0.149. The number of nitrogens with one attached hydrogen (secondary N) is 1. The lowest BCUT2D eigenvalue weighted by Gasteiger charge is -2.08. The van der Waals surface area contributed by atoms with Crippen LogP contribution in [0.25, 0.3) is 6.08 Å². The summed E-state index contributed by atoms with van der Waals surface area (Å²) < 4.78 is 11.8. The maximum Gasteiger partial charge on any atom is 0.263 e. The summed E-state index contributed by atoms with van der Waals surface area (Å²) in [5.74, 6) is 1.44. The molecule has 6 heteroatoms. The van der Waals surface area contributed by atoms with Gasteiger partial charge in [-0.05, 0) is 42.8 Å². The molecule has 25 heavy (non-hydrogen) atoms. The zero-order valence-electron chi connectivity index (χ0n) is 13.7. The first kappa shape index (κ1) is 17.5. The highest BCUT2D eigenvalue weighted by atomic mass is 32.2. The molecule has 1 aliphatic rings. The molecule has 1 saturated heterocycles. The smallest absolute Gasteiger partial charge is 0.263 e. The van der Waals surface area contributed by atoms with Crippen molar-refractivity contribution in [1.82, 2.24) is 5.32 Å². The number of hydrogen-bond donors (Lipinski definition) is 1. The molecular formula is C19H17NO3S2. The molecule has 1 fully saturated rings. The Kier molecular flexibility index (Phi) is 5.73.